The summed E-state index contributed by atoms with van der Waals surface area (Å²) >= 11 is 5.96. The Balaban J connectivity index is 0.00000288. The molecule has 0 N–H and O–H groups in total. The number of carbonyl (C=O) groups is 1. The third-order valence-corrected chi connectivity index (χ3v) is 5.05. The minimum absolute atomic E-state index is 0. The second-order valence-corrected chi connectivity index (χ2v) is 6.68. The Morgan fingerprint density at radius 1 is 1.42 bits per heavy atom. The Morgan fingerprint density at radius 3 is 2.75 bits per heavy atom. The normalized spacial score (nSPS) is 18.1. The van der Waals surface area contributed by atoms with Gasteiger partial charge in [-0.15, -0.1) is 12.4 Å². The van der Waals surface area contributed by atoms with Crippen molar-refractivity contribution in [3.63, 3.8) is 0 Å². The van der Waals surface area contributed by atoms with Crippen molar-refractivity contribution in [1.29, 1.82) is 0 Å². The highest BCUT2D eigenvalue weighted by Gasteiger charge is 2.30. The predicted octanol–water partition coefficient (Wildman–Crippen LogP) is 4.50. The first-order chi connectivity index (χ1) is 11.0. The first kappa shape index (κ1) is 21.0. The summed E-state index contributed by atoms with van der Waals surface area (Å²) in [5, 5.41) is 0.685. The van der Waals surface area contributed by atoms with E-state index in [1.165, 1.54) is 12.8 Å². The minimum atomic E-state index is 0. The molecule has 0 radical (unpaired) electrons. The smallest absolute Gasteiger partial charge is 0.246 e. The van der Waals surface area contributed by atoms with E-state index in [2.05, 4.69) is 18.7 Å². The number of hydrogen-bond acceptors (Lipinski definition) is 2. The van der Waals surface area contributed by atoms with Crippen molar-refractivity contribution in [2.24, 2.45) is 0 Å². The second-order valence-electron chi connectivity index (χ2n) is 6.25. The first-order valence-electron chi connectivity index (χ1n) is 8.49. The molecule has 1 heterocycles. The highest BCUT2D eigenvalue weighted by molar-refractivity contribution is 6.30. The molecule has 0 aliphatic carbocycles. The van der Waals surface area contributed by atoms with Crippen LogP contribution in [-0.2, 0) is 4.79 Å². The zero-order valence-electron chi connectivity index (χ0n) is 14.7. The molecular formula is C19H28Cl2N2O. The van der Waals surface area contributed by atoms with Gasteiger partial charge in [-0.25, -0.2) is 0 Å². The first-order valence-corrected chi connectivity index (χ1v) is 8.87. The van der Waals surface area contributed by atoms with Gasteiger partial charge >= 0.3 is 0 Å². The molecule has 1 fully saturated rings. The van der Waals surface area contributed by atoms with Crippen molar-refractivity contribution in [3.05, 3.63) is 40.9 Å². The molecule has 1 aromatic carbocycles. The van der Waals surface area contributed by atoms with Crippen LogP contribution in [0.3, 0.4) is 0 Å². The lowest BCUT2D eigenvalue weighted by Gasteiger charge is -2.28. The highest BCUT2D eigenvalue weighted by atomic mass is 35.5. The Morgan fingerprint density at radius 2 is 2.12 bits per heavy atom. The van der Waals surface area contributed by atoms with Gasteiger partial charge < -0.3 is 4.90 Å². The van der Waals surface area contributed by atoms with Crippen LogP contribution in [0.1, 0.15) is 38.7 Å². The second kappa shape index (κ2) is 10.1. The SMILES string of the molecule is CCC(CC)N1CCC(N(C)C(=O)C=Cc2cccc(Cl)c2)C1.Cl. The summed E-state index contributed by atoms with van der Waals surface area (Å²) in [4.78, 5) is 16.8. The summed E-state index contributed by atoms with van der Waals surface area (Å²) in [5.41, 5.74) is 0.948. The topological polar surface area (TPSA) is 23.6 Å². The molecule has 3 nitrogen and oxygen atoms in total. The molecule has 1 amide bonds. The zero-order chi connectivity index (χ0) is 16.8. The molecule has 1 atom stereocenters. The minimum Gasteiger partial charge on any atom is -0.338 e. The molecule has 134 valence electrons. The van der Waals surface area contributed by atoms with E-state index in [4.69, 9.17) is 11.6 Å². The van der Waals surface area contributed by atoms with Gasteiger partial charge in [0.15, 0.2) is 0 Å². The maximum absolute atomic E-state index is 12.4. The summed E-state index contributed by atoms with van der Waals surface area (Å²) < 4.78 is 0. The van der Waals surface area contributed by atoms with E-state index in [1.807, 2.05) is 42.3 Å². The summed E-state index contributed by atoms with van der Waals surface area (Å²) in [5.74, 6) is 0.0568. The summed E-state index contributed by atoms with van der Waals surface area (Å²) in [6.07, 6.45) is 6.89. The van der Waals surface area contributed by atoms with Crippen LogP contribution in [0.25, 0.3) is 6.08 Å². The molecule has 1 aliphatic heterocycles. The van der Waals surface area contributed by atoms with Gasteiger partial charge in [0.25, 0.3) is 0 Å². The fraction of sp³-hybridized carbons (Fsp3) is 0.526. The molecule has 24 heavy (non-hydrogen) atoms. The van der Waals surface area contributed by atoms with Gasteiger partial charge in [-0.2, -0.15) is 0 Å². The van der Waals surface area contributed by atoms with Crippen LogP contribution in [0.4, 0.5) is 0 Å². The molecule has 1 aromatic rings. The molecule has 0 bridgehead atoms. The van der Waals surface area contributed by atoms with Crippen LogP contribution in [-0.4, -0.2) is 47.9 Å². The van der Waals surface area contributed by atoms with E-state index in [0.717, 1.165) is 25.1 Å². The lowest BCUT2D eigenvalue weighted by molar-refractivity contribution is -0.126. The van der Waals surface area contributed by atoms with Crippen LogP contribution in [0, 0.1) is 0 Å². The van der Waals surface area contributed by atoms with E-state index in [-0.39, 0.29) is 18.3 Å². The quantitative estimate of drug-likeness (QED) is 0.688. The standard InChI is InChI=1S/C19H27ClN2O.ClH/c1-4-17(5-2)22-12-11-18(14-22)21(3)19(23)10-9-15-7-6-8-16(20)13-15;/h6-10,13,17-18H,4-5,11-12,14H2,1-3H3;1H. The third-order valence-electron chi connectivity index (χ3n) is 4.82. The number of rotatable bonds is 6. The van der Waals surface area contributed by atoms with E-state index < -0.39 is 0 Å². The van der Waals surface area contributed by atoms with Gasteiger partial charge in [0.05, 0.1) is 0 Å². The molecular weight excluding hydrogens is 343 g/mol. The molecule has 1 unspecified atom stereocenters. The van der Waals surface area contributed by atoms with Crippen LogP contribution in [0.2, 0.25) is 5.02 Å². The summed E-state index contributed by atoms with van der Waals surface area (Å²) in [6.45, 7) is 6.56. The predicted molar refractivity (Wildman–Crippen MR) is 105 cm³/mol. The molecule has 5 heteroatoms. The monoisotopic (exact) mass is 370 g/mol. The number of benzene rings is 1. The number of likely N-dealkylation sites (N-methyl/N-ethyl adjacent to an activating group) is 1. The van der Waals surface area contributed by atoms with Crippen molar-refractivity contribution in [3.8, 4) is 0 Å². The Labute approximate surface area is 157 Å². The highest BCUT2D eigenvalue weighted by Crippen LogP contribution is 2.20. The Hall–Kier alpha value is -1.03. The molecule has 2 rings (SSSR count). The Kier molecular flexibility index (Phi) is 8.82. The van der Waals surface area contributed by atoms with Crippen LogP contribution in [0.15, 0.2) is 30.3 Å². The summed E-state index contributed by atoms with van der Waals surface area (Å²) in [6, 6.07) is 8.48. The van der Waals surface area contributed by atoms with Crippen LogP contribution < -0.4 is 0 Å². The van der Waals surface area contributed by atoms with Crippen molar-refractivity contribution in [2.75, 3.05) is 20.1 Å². The fourth-order valence-electron chi connectivity index (χ4n) is 3.30. The molecule has 1 saturated heterocycles. The summed E-state index contributed by atoms with van der Waals surface area (Å²) in [7, 11) is 1.91. The van der Waals surface area contributed by atoms with Gasteiger partial charge in [-0.1, -0.05) is 37.6 Å². The fourth-order valence-corrected chi connectivity index (χ4v) is 3.49. The average Bonchev–Trinajstić information content (AvgIpc) is 3.03. The lowest BCUT2D eigenvalue weighted by Crippen LogP contribution is -2.40. The number of nitrogens with zero attached hydrogens (tertiary/aromatic N) is 2. The number of hydrogen-bond donors (Lipinski definition) is 0. The van der Waals surface area contributed by atoms with E-state index in [1.54, 1.807) is 6.08 Å². The van der Waals surface area contributed by atoms with Gasteiger partial charge in [0.2, 0.25) is 5.91 Å². The van der Waals surface area contributed by atoms with Crippen molar-refractivity contribution >= 4 is 36.0 Å². The number of amides is 1. The number of likely N-dealkylation sites (tertiary alicyclic amines) is 1. The van der Waals surface area contributed by atoms with E-state index in [0.29, 0.717) is 17.1 Å². The Bertz CT molecular complexity index is 558. The van der Waals surface area contributed by atoms with Crippen LogP contribution in [0.5, 0.6) is 0 Å². The molecule has 0 spiro atoms. The molecule has 0 aromatic heterocycles. The lowest BCUT2D eigenvalue weighted by atomic mass is 10.1. The average molecular weight is 371 g/mol. The molecule has 1 aliphatic rings. The largest absolute Gasteiger partial charge is 0.338 e. The van der Waals surface area contributed by atoms with E-state index in [9.17, 15) is 4.79 Å². The van der Waals surface area contributed by atoms with Gasteiger partial charge in [-0.05, 0) is 43.0 Å². The number of halogens is 2. The van der Waals surface area contributed by atoms with Crippen molar-refractivity contribution < 1.29 is 4.79 Å². The molecule has 0 saturated carbocycles. The third kappa shape index (κ3) is 5.51. The van der Waals surface area contributed by atoms with Crippen LogP contribution >= 0.6 is 24.0 Å². The maximum atomic E-state index is 12.4. The zero-order valence-corrected chi connectivity index (χ0v) is 16.3. The van der Waals surface area contributed by atoms with Gasteiger partial charge in [0.1, 0.15) is 0 Å². The van der Waals surface area contributed by atoms with E-state index >= 15 is 0 Å². The van der Waals surface area contributed by atoms with Gasteiger partial charge in [0, 0.05) is 43.3 Å². The van der Waals surface area contributed by atoms with Gasteiger partial charge in [-0.3, -0.25) is 9.69 Å². The van der Waals surface area contributed by atoms with Crippen molar-refractivity contribution in [1.82, 2.24) is 9.80 Å². The number of carbonyl (C=O) groups excluding carboxylic acids is 1. The van der Waals surface area contributed by atoms with Crippen molar-refractivity contribution in [2.45, 2.75) is 45.2 Å². The maximum Gasteiger partial charge on any atom is 0.246 e.